The summed E-state index contributed by atoms with van der Waals surface area (Å²) in [6, 6.07) is 9.95. The summed E-state index contributed by atoms with van der Waals surface area (Å²) >= 11 is 0. The van der Waals surface area contributed by atoms with Gasteiger partial charge in [0.25, 0.3) is 5.91 Å². The molecule has 0 bridgehead atoms. The third kappa shape index (κ3) is 3.60. The average Bonchev–Trinajstić information content (AvgIpc) is 3.19. The summed E-state index contributed by atoms with van der Waals surface area (Å²) in [6.07, 6.45) is -0.0216. The molecule has 0 radical (unpaired) electrons. The Morgan fingerprint density at radius 2 is 2.04 bits per heavy atom. The van der Waals surface area contributed by atoms with Crippen LogP contribution in [0.4, 0.5) is 0 Å². The van der Waals surface area contributed by atoms with Crippen molar-refractivity contribution in [2.24, 2.45) is 0 Å². The molecule has 6 nitrogen and oxygen atoms in total. The molecular formula is C19H25N3O3. The SMILES string of the molecule is CO[C@@H]1CN(C(C)C)C[C@H]1NC(=O)c1c(-c2ccccc2)noc1C. The lowest BCUT2D eigenvalue weighted by molar-refractivity contribution is 0.0752. The van der Waals surface area contributed by atoms with Gasteiger partial charge in [0.15, 0.2) is 0 Å². The monoisotopic (exact) mass is 343 g/mol. The molecule has 0 unspecified atom stereocenters. The third-order valence-electron chi connectivity index (χ3n) is 4.78. The van der Waals surface area contributed by atoms with Gasteiger partial charge in [0.2, 0.25) is 0 Å². The third-order valence-corrected chi connectivity index (χ3v) is 4.78. The molecule has 1 saturated heterocycles. The van der Waals surface area contributed by atoms with Crippen molar-refractivity contribution in [3.05, 3.63) is 41.7 Å². The van der Waals surface area contributed by atoms with E-state index in [1.165, 1.54) is 0 Å². The molecule has 1 aromatic heterocycles. The van der Waals surface area contributed by atoms with Crippen LogP contribution in [-0.2, 0) is 4.74 Å². The lowest BCUT2D eigenvalue weighted by Crippen LogP contribution is -2.44. The molecule has 1 aliphatic heterocycles. The smallest absolute Gasteiger partial charge is 0.257 e. The molecule has 0 aliphatic carbocycles. The van der Waals surface area contributed by atoms with Crippen LogP contribution in [0.25, 0.3) is 11.3 Å². The largest absolute Gasteiger partial charge is 0.378 e. The number of amides is 1. The molecule has 3 rings (SSSR count). The van der Waals surface area contributed by atoms with Crippen LogP contribution in [0.1, 0.15) is 30.0 Å². The molecule has 2 atom stereocenters. The molecular weight excluding hydrogens is 318 g/mol. The number of rotatable bonds is 5. The topological polar surface area (TPSA) is 67.6 Å². The number of hydrogen-bond acceptors (Lipinski definition) is 5. The van der Waals surface area contributed by atoms with E-state index >= 15 is 0 Å². The van der Waals surface area contributed by atoms with Crippen molar-refractivity contribution in [2.75, 3.05) is 20.2 Å². The number of methoxy groups -OCH3 is 1. The first-order chi connectivity index (χ1) is 12.0. The highest BCUT2D eigenvalue weighted by Crippen LogP contribution is 2.25. The lowest BCUT2D eigenvalue weighted by atomic mass is 10.1. The average molecular weight is 343 g/mol. The van der Waals surface area contributed by atoms with Crippen LogP contribution in [0.5, 0.6) is 0 Å². The van der Waals surface area contributed by atoms with Gasteiger partial charge in [0.1, 0.15) is 17.0 Å². The number of carbonyl (C=O) groups is 1. The van der Waals surface area contributed by atoms with Crippen LogP contribution in [0, 0.1) is 6.92 Å². The Kier molecular flexibility index (Phi) is 5.20. The molecule has 134 valence electrons. The summed E-state index contributed by atoms with van der Waals surface area (Å²) in [5.74, 6) is 0.347. The molecule has 1 aromatic carbocycles. The highest BCUT2D eigenvalue weighted by molar-refractivity contribution is 6.01. The molecule has 0 saturated carbocycles. The maximum Gasteiger partial charge on any atom is 0.257 e. The van der Waals surface area contributed by atoms with E-state index in [2.05, 4.69) is 29.2 Å². The molecule has 25 heavy (non-hydrogen) atoms. The normalized spacial score (nSPS) is 21.0. The molecule has 6 heteroatoms. The zero-order valence-electron chi connectivity index (χ0n) is 15.2. The summed E-state index contributed by atoms with van der Waals surface area (Å²) < 4.78 is 10.9. The quantitative estimate of drug-likeness (QED) is 0.903. The number of hydrogen-bond donors (Lipinski definition) is 1. The van der Waals surface area contributed by atoms with Gasteiger partial charge in [-0.1, -0.05) is 35.5 Å². The Balaban J connectivity index is 1.81. The number of benzene rings is 1. The molecule has 2 heterocycles. The van der Waals surface area contributed by atoms with Crippen LogP contribution in [0.3, 0.4) is 0 Å². The van der Waals surface area contributed by atoms with Gasteiger partial charge in [-0.15, -0.1) is 0 Å². The van der Waals surface area contributed by atoms with Gasteiger partial charge in [-0.25, -0.2) is 0 Å². The number of carbonyl (C=O) groups excluding carboxylic acids is 1. The molecule has 1 N–H and O–H groups in total. The molecule has 1 aliphatic rings. The summed E-state index contributed by atoms with van der Waals surface area (Å²) in [6.45, 7) is 7.64. The predicted molar refractivity (Wildman–Crippen MR) is 95.4 cm³/mol. The van der Waals surface area contributed by atoms with E-state index in [9.17, 15) is 4.79 Å². The number of nitrogens with one attached hydrogen (secondary N) is 1. The predicted octanol–water partition coefficient (Wildman–Crippen LogP) is 2.49. The van der Waals surface area contributed by atoms with E-state index in [-0.39, 0.29) is 18.1 Å². The van der Waals surface area contributed by atoms with Gasteiger partial charge in [0, 0.05) is 31.8 Å². The van der Waals surface area contributed by atoms with Crippen LogP contribution in [0.2, 0.25) is 0 Å². The second-order valence-corrected chi connectivity index (χ2v) is 6.73. The molecule has 2 aromatic rings. The summed E-state index contributed by atoms with van der Waals surface area (Å²) in [5.41, 5.74) is 1.93. The van der Waals surface area contributed by atoms with Crippen molar-refractivity contribution in [1.82, 2.24) is 15.4 Å². The van der Waals surface area contributed by atoms with E-state index in [4.69, 9.17) is 9.26 Å². The highest BCUT2D eigenvalue weighted by Gasteiger charge is 2.36. The summed E-state index contributed by atoms with van der Waals surface area (Å²) in [4.78, 5) is 15.2. The van der Waals surface area contributed by atoms with Crippen molar-refractivity contribution in [2.45, 2.75) is 39.0 Å². The second kappa shape index (κ2) is 7.37. The first kappa shape index (κ1) is 17.6. The number of aromatic nitrogens is 1. The Labute approximate surface area is 148 Å². The maximum atomic E-state index is 12.9. The van der Waals surface area contributed by atoms with Crippen LogP contribution < -0.4 is 5.32 Å². The second-order valence-electron chi connectivity index (χ2n) is 6.73. The standard InChI is InChI=1S/C19H25N3O3/c1-12(2)22-10-15(16(11-22)24-4)20-19(23)17-13(3)25-21-18(17)14-8-6-5-7-9-14/h5-9,12,15-16H,10-11H2,1-4H3,(H,20,23)/t15-,16-/m1/s1. The van der Waals surface area contributed by atoms with Gasteiger partial charge in [-0.2, -0.15) is 0 Å². The fraction of sp³-hybridized carbons (Fsp3) is 0.474. The van der Waals surface area contributed by atoms with Crippen molar-refractivity contribution < 1.29 is 14.1 Å². The number of aryl methyl sites for hydroxylation is 1. The van der Waals surface area contributed by atoms with Crippen molar-refractivity contribution in [1.29, 1.82) is 0 Å². The van der Waals surface area contributed by atoms with Gasteiger partial charge < -0.3 is 14.6 Å². The van der Waals surface area contributed by atoms with E-state index < -0.39 is 0 Å². The van der Waals surface area contributed by atoms with Gasteiger partial charge >= 0.3 is 0 Å². The highest BCUT2D eigenvalue weighted by atomic mass is 16.5. The minimum Gasteiger partial charge on any atom is -0.378 e. The van der Waals surface area contributed by atoms with E-state index in [1.807, 2.05) is 30.3 Å². The van der Waals surface area contributed by atoms with Gasteiger partial charge in [0.05, 0.1) is 12.1 Å². The van der Waals surface area contributed by atoms with Crippen LogP contribution in [0.15, 0.2) is 34.9 Å². The maximum absolute atomic E-state index is 12.9. The van der Waals surface area contributed by atoms with Crippen LogP contribution in [-0.4, -0.2) is 54.4 Å². The van der Waals surface area contributed by atoms with E-state index in [1.54, 1.807) is 14.0 Å². The Hall–Kier alpha value is -2.18. The molecule has 0 spiro atoms. The van der Waals surface area contributed by atoms with Gasteiger partial charge in [-0.05, 0) is 20.8 Å². The zero-order valence-corrected chi connectivity index (χ0v) is 15.2. The first-order valence-electron chi connectivity index (χ1n) is 8.60. The molecule has 1 amide bonds. The molecule has 1 fully saturated rings. The van der Waals surface area contributed by atoms with E-state index in [0.29, 0.717) is 23.1 Å². The Morgan fingerprint density at radius 3 is 2.68 bits per heavy atom. The van der Waals surface area contributed by atoms with Crippen molar-refractivity contribution in [3.8, 4) is 11.3 Å². The first-order valence-corrected chi connectivity index (χ1v) is 8.60. The minimum atomic E-state index is -0.171. The number of ether oxygens (including phenoxy) is 1. The summed E-state index contributed by atoms with van der Waals surface area (Å²) in [7, 11) is 1.69. The number of likely N-dealkylation sites (tertiary alicyclic amines) is 1. The van der Waals surface area contributed by atoms with Crippen molar-refractivity contribution >= 4 is 5.91 Å². The van der Waals surface area contributed by atoms with Crippen LogP contribution >= 0.6 is 0 Å². The Bertz CT molecular complexity index is 727. The fourth-order valence-electron chi connectivity index (χ4n) is 3.28. The minimum absolute atomic E-state index is 0.0216. The van der Waals surface area contributed by atoms with Crippen molar-refractivity contribution in [3.63, 3.8) is 0 Å². The van der Waals surface area contributed by atoms with Gasteiger partial charge in [-0.3, -0.25) is 9.69 Å². The number of nitrogens with zero attached hydrogens (tertiary/aromatic N) is 2. The zero-order chi connectivity index (χ0) is 18.0. The van der Waals surface area contributed by atoms with E-state index in [0.717, 1.165) is 18.7 Å². The lowest BCUT2D eigenvalue weighted by Gasteiger charge is -2.20. The summed E-state index contributed by atoms with van der Waals surface area (Å²) in [5, 5.41) is 7.20. The Morgan fingerprint density at radius 1 is 1.32 bits per heavy atom. The fourth-order valence-corrected chi connectivity index (χ4v) is 3.28.